The van der Waals surface area contributed by atoms with Crippen LogP contribution in [0.2, 0.25) is 0 Å². The third-order valence-electron chi connectivity index (χ3n) is 3.40. The first kappa shape index (κ1) is 18.5. The van der Waals surface area contributed by atoms with Gasteiger partial charge in [-0.3, -0.25) is 9.69 Å². The molecule has 2 heterocycles. The van der Waals surface area contributed by atoms with E-state index in [1.807, 2.05) is 6.92 Å². The summed E-state index contributed by atoms with van der Waals surface area (Å²) in [4.78, 5) is 18.2. The van der Waals surface area contributed by atoms with Crippen molar-refractivity contribution in [2.75, 3.05) is 39.5 Å². The highest BCUT2D eigenvalue weighted by Gasteiger charge is 2.29. The molecule has 0 bridgehead atoms. The van der Waals surface area contributed by atoms with Crippen molar-refractivity contribution in [3.63, 3.8) is 0 Å². The van der Waals surface area contributed by atoms with Crippen molar-refractivity contribution >= 4 is 5.91 Å². The number of hydrogen-bond acceptors (Lipinski definition) is 5. The second kappa shape index (κ2) is 8.29. The summed E-state index contributed by atoms with van der Waals surface area (Å²) in [6.07, 6.45) is -3.21. The van der Waals surface area contributed by atoms with Gasteiger partial charge in [-0.05, 0) is 19.1 Å². The zero-order valence-electron chi connectivity index (χ0n) is 13.3. The molecule has 0 aliphatic carbocycles. The smallest absolute Gasteiger partial charge is 0.422 e. The summed E-state index contributed by atoms with van der Waals surface area (Å²) in [7, 11) is 0. The van der Waals surface area contributed by atoms with Crippen molar-refractivity contribution in [2.45, 2.75) is 19.1 Å². The number of nitrogens with one attached hydrogen (secondary N) is 1. The number of hydrogen-bond donors (Lipinski definition) is 1. The largest absolute Gasteiger partial charge is 0.467 e. The number of nitrogens with zero attached hydrogens (tertiary/aromatic N) is 2. The van der Waals surface area contributed by atoms with E-state index in [2.05, 4.69) is 19.9 Å². The maximum absolute atomic E-state index is 12.3. The van der Waals surface area contributed by atoms with E-state index in [-0.39, 0.29) is 17.5 Å². The predicted molar refractivity (Wildman–Crippen MR) is 80.0 cm³/mol. The molecule has 1 atom stereocenters. The number of alkyl halides is 3. The van der Waals surface area contributed by atoms with Crippen LogP contribution in [-0.4, -0.2) is 67.5 Å². The van der Waals surface area contributed by atoms with Crippen LogP contribution in [0.3, 0.4) is 0 Å². The Morgan fingerprint density at radius 1 is 1.46 bits per heavy atom. The molecular weight excluding hydrogens is 327 g/mol. The van der Waals surface area contributed by atoms with Crippen molar-refractivity contribution in [3.05, 3.63) is 23.9 Å². The number of carbonyl (C=O) groups excluding carboxylic acids is 1. The lowest BCUT2D eigenvalue weighted by molar-refractivity contribution is -0.154. The molecule has 0 saturated carbocycles. The molecule has 1 aromatic heterocycles. The van der Waals surface area contributed by atoms with E-state index in [0.29, 0.717) is 19.8 Å². The summed E-state index contributed by atoms with van der Waals surface area (Å²) in [5.41, 5.74) is -0.0180. The Labute approximate surface area is 137 Å². The van der Waals surface area contributed by atoms with Crippen LogP contribution in [-0.2, 0) is 4.74 Å². The van der Waals surface area contributed by atoms with Gasteiger partial charge in [-0.2, -0.15) is 13.2 Å². The fourth-order valence-electron chi connectivity index (χ4n) is 2.35. The summed E-state index contributed by atoms with van der Waals surface area (Å²) in [5.74, 6) is -0.841. The minimum Gasteiger partial charge on any atom is -0.467 e. The van der Waals surface area contributed by atoms with Gasteiger partial charge in [-0.1, -0.05) is 0 Å². The lowest BCUT2D eigenvalue weighted by atomic mass is 10.2. The molecule has 1 amide bonds. The molecule has 24 heavy (non-hydrogen) atoms. The molecule has 0 unspecified atom stereocenters. The molecule has 1 aliphatic heterocycles. The molecule has 9 heteroatoms. The van der Waals surface area contributed by atoms with E-state index in [1.165, 1.54) is 18.3 Å². The van der Waals surface area contributed by atoms with E-state index >= 15 is 0 Å². The first-order chi connectivity index (χ1) is 11.3. The van der Waals surface area contributed by atoms with Gasteiger partial charge in [0.2, 0.25) is 5.88 Å². The molecule has 1 N–H and O–H groups in total. The van der Waals surface area contributed by atoms with Gasteiger partial charge >= 0.3 is 6.18 Å². The maximum Gasteiger partial charge on any atom is 0.422 e. The van der Waals surface area contributed by atoms with Gasteiger partial charge < -0.3 is 14.8 Å². The minimum atomic E-state index is -4.49. The average Bonchev–Trinajstić information content (AvgIpc) is 2.53. The second-order valence-electron chi connectivity index (χ2n) is 5.55. The van der Waals surface area contributed by atoms with Gasteiger partial charge in [0.15, 0.2) is 6.61 Å². The fourth-order valence-corrected chi connectivity index (χ4v) is 2.35. The normalized spacial score (nSPS) is 17.3. The van der Waals surface area contributed by atoms with Crippen molar-refractivity contribution in [1.82, 2.24) is 15.2 Å². The molecule has 0 radical (unpaired) electrons. The summed E-state index contributed by atoms with van der Waals surface area (Å²) in [6, 6.07) is 2.68. The first-order valence-electron chi connectivity index (χ1n) is 7.60. The Morgan fingerprint density at radius 3 is 2.83 bits per heavy atom. The van der Waals surface area contributed by atoms with E-state index < -0.39 is 18.7 Å². The number of carbonyl (C=O) groups is 1. The number of morpholine rings is 1. The van der Waals surface area contributed by atoms with Crippen molar-refractivity contribution < 1.29 is 27.4 Å². The van der Waals surface area contributed by atoms with Crippen LogP contribution < -0.4 is 10.1 Å². The quantitative estimate of drug-likeness (QED) is 0.844. The third-order valence-corrected chi connectivity index (χ3v) is 3.40. The summed E-state index contributed by atoms with van der Waals surface area (Å²) < 4.78 is 46.7. The number of pyridine rings is 1. The first-order valence-corrected chi connectivity index (χ1v) is 7.60. The Bertz CT molecular complexity index is 548. The molecule has 0 aromatic carbocycles. The molecule has 1 saturated heterocycles. The van der Waals surface area contributed by atoms with Gasteiger partial charge in [0, 0.05) is 31.9 Å². The van der Waals surface area contributed by atoms with E-state index in [4.69, 9.17) is 4.74 Å². The van der Waals surface area contributed by atoms with Crippen LogP contribution in [0.1, 0.15) is 17.3 Å². The maximum atomic E-state index is 12.3. The average molecular weight is 347 g/mol. The molecular formula is C15H20F3N3O3. The number of halogens is 3. The van der Waals surface area contributed by atoms with Gasteiger partial charge in [-0.25, -0.2) is 4.98 Å². The van der Waals surface area contributed by atoms with E-state index in [0.717, 1.165) is 13.1 Å². The zero-order valence-corrected chi connectivity index (χ0v) is 13.3. The third kappa shape index (κ3) is 5.97. The highest BCUT2D eigenvalue weighted by atomic mass is 19.4. The number of aromatic nitrogens is 1. The zero-order chi connectivity index (χ0) is 17.6. The highest BCUT2D eigenvalue weighted by molar-refractivity contribution is 5.96. The van der Waals surface area contributed by atoms with Gasteiger partial charge in [0.25, 0.3) is 5.91 Å². The second-order valence-corrected chi connectivity index (χ2v) is 5.55. The van der Waals surface area contributed by atoms with Crippen LogP contribution >= 0.6 is 0 Å². The van der Waals surface area contributed by atoms with Crippen LogP contribution in [0.5, 0.6) is 5.88 Å². The lowest BCUT2D eigenvalue weighted by Crippen LogP contribution is -2.46. The van der Waals surface area contributed by atoms with Crippen LogP contribution in [0.4, 0.5) is 13.2 Å². The summed E-state index contributed by atoms with van der Waals surface area (Å²) in [6.45, 7) is 3.85. The number of amides is 1. The predicted octanol–water partition coefficient (Wildman–Crippen LogP) is 1.47. The Balaban J connectivity index is 1.93. The Morgan fingerprint density at radius 2 is 2.17 bits per heavy atom. The molecule has 6 nitrogen and oxygen atoms in total. The monoisotopic (exact) mass is 347 g/mol. The minimum absolute atomic E-state index is 0.0180. The van der Waals surface area contributed by atoms with Crippen LogP contribution in [0.25, 0.3) is 0 Å². The summed E-state index contributed by atoms with van der Waals surface area (Å²) in [5, 5.41) is 2.76. The van der Waals surface area contributed by atoms with E-state index in [1.54, 1.807) is 0 Å². The van der Waals surface area contributed by atoms with Crippen molar-refractivity contribution in [3.8, 4) is 5.88 Å². The van der Waals surface area contributed by atoms with Crippen molar-refractivity contribution in [1.29, 1.82) is 0 Å². The number of rotatable bonds is 6. The summed E-state index contributed by atoms with van der Waals surface area (Å²) >= 11 is 0. The Kier molecular flexibility index (Phi) is 6.38. The molecule has 1 fully saturated rings. The molecule has 0 spiro atoms. The number of ether oxygens (including phenoxy) is 2. The SMILES string of the molecule is C[C@@H](CN1CCOCC1)NC(=O)c1cccnc1OCC(F)(F)F. The van der Waals surface area contributed by atoms with Crippen LogP contribution in [0, 0.1) is 0 Å². The molecule has 2 rings (SSSR count). The van der Waals surface area contributed by atoms with Crippen LogP contribution in [0.15, 0.2) is 18.3 Å². The van der Waals surface area contributed by atoms with E-state index in [9.17, 15) is 18.0 Å². The highest BCUT2D eigenvalue weighted by Crippen LogP contribution is 2.20. The van der Waals surface area contributed by atoms with Gasteiger partial charge in [0.05, 0.1) is 13.2 Å². The molecule has 134 valence electrons. The Hall–Kier alpha value is -1.87. The molecule has 1 aliphatic rings. The lowest BCUT2D eigenvalue weighted by Gasteiger charge is -2.29. The fraction of sp³-hybridized carbons (Fsp3) is 0.600. The van der Waals surface area contributed by atoms with Crippen molar-refractivity contribution in [2.24, 2.45) is 0 Å². The topological polar surface area (TPSA) is 63.7 Å². The molecule has 1 aromatic rings. The van der Waals surface area contributed by atoms with Gasteiger partial charge in [-0.15, -0.1) is 0 Å². The van der Waals surface area contributed by atoms with Gasteiger partial charge in [0.1, 0.15) is 5.56 Å². The standard InChI is InChI=1S/C15H20F3N3O3/c1-11(9-21-5-7-23-8-6-21)20-13(22)12-3-2-4-19-14(12)24-10-15(16,17)18/h2-4,11H,5-10H2,1H3,(H,20,22)/t11-/m0/s1.